The van der Waals surface area contributed by atoms with E-state index in [0.717, 1.165) is 11.2 Å². The molecule has 0 saturated carbocycles. The summed E-state index contributed by atoms with van der Waals surface area (Å²) < 4.78 is 1.61. The summed E-state index contributed by atoms with van der Waals surface area (Å²) in [7, 11) is 0. The molecule has 0 bridgehead atoms. The van der Waals surface area contributed by atoms with E-state index in [0.29, 0.717) is 17.1 Å². The molecule has 0 atom stereocenters. The molecule has 0 spiro atoms. The molecule has 2 heterocycles. The Hall–Kier alpha value is -3.02. The number of carbonyl (C=O) groups excluding carboxylic acids is 2. The summed E-state index contributed by atoms with van der Waals surface area (Å²) in [5, 5.41) is 6.98. The van der Waals surface area contributed by atoms with Gasteiger partial charge in [0.15, 0.2) is 11.4 Å². The smallest absolute Gasteiger partial charge is 0.224 e. The van der Waals surface area contributed by atoms with Crippen LogP contribution in [0.15, 0.2) is 42.6 Å². The molecule has 0 radical (unpaired) electrons. The Kier molecular flexibility index (Phi) is 4.37. The number of pyridine rings is 1. The Bertz CT molecular complexity index is 897. The maximum atomic E-state index is 12.1. The Balaban J connectivity index is 1.58. The van der Waals surface area contributed by atoms with E-state index in [1.165, 1.54) is 0 Å². The molecule has 3 rings (SSSR count). The second kappa shape index (κ2) is 6.62. The molecule has 122 valence electrons. The van der Waals surface area contributed by atoms with Gasteiger partial charge < -0.3 is 5.32 Å². The van der Waals surface area contributed by atoms with Gasteiger partial charge in [-0.25, -0.2) is 9.50 Å². The number of Topliss-reactive ketones (excluding diaryl/α,β-unsaturated/α-hetero) is 1. The molecule has 6 heteroatoms. The van der Waals surface area contributed by atoms with Gasteiger partial charge in [0.25, 0.3) is 0 Å². The monoisotopic (exact) mass is 322 g/mol. The molecule has 1 N–H and O–H groups in total. The number of nitrogens with one attached hydrogen (secondary N) is 1. The maximum Gasteiger partial charge on any atom is 0.224 e. The quantitative estimate of drug-likeness (QED) is 0.733. The highest BCUT2D eigenvalue weighted by Gasteiger charge is 2.10. The number of aryl methyl sites for hydroxylation is 2. The van der Waals surface area contributed by atoms with Crippen molar-refractivity contribution in [1.29, 1.82) is 0 Å². The molecule has 2 aromatic heterocycles. The van der Waals surface area contributed by atoms with Crippen LogP contribution in [0.25, 0.3) is 5.65 Å². The van der Waals surface area contributed by atoms with Crippen LogP contribution in [0.3, 0.4) is 0 Å². The van der Waals surface area contributed by atoms with Crippen LogP contribution in [0, 0.1) is 13.8 Å². The van der Waals surface area contributed by atoms with E-state index in [4.69, 9.17) is 0 Å². The van der Waals surface area contributed by atoms with Crippen molar-refractivity contribution in [3.05, 3.63) is 59.5 Å². The lowest BCUT2D eigenvalue weighted by atomic mass is 10.1. The van der Waals surface area contributed by atoms with E-state index in [9.17, 15) is 9.59 Å². The highest BCUT2D eigenvalue weighted by Crippen LogP contribution is 2.12. The van der Waals surface area contributed by atoms with Gasteiger partial charge in [0, 0.05) is 18.4 Å². The number of carbonyl (C=O) groups is 2. The number of hydrogen-bond acceptors (Lipinski definition) is 4. The average Bonchev–Trinajstić information content (AvgIpc) is 2.92. The molecule has 3 aromatic rings. The fourth-order valence-corrected chi connectivity index (χ4v) is 2.40. The lowest BCUT2D eigenvalue weighted by Gasteiger charge is -2.05. The minimum atomic E-state index is -0.202. The van der Waals surface area contributed by atoms with Crippen LogP contribution in [0.4, 0.5) is 5.69 Å². The van der Waals surface area contributed by atoms with Gasteiger partial charge in [0.05, 0.1) is 11.9 Å². The maximum absolute atomic E-state index is 12.1. The standard InChI is InChI=1S/C18H18N4O2/c1-12-3-5-14(6-4-12)16(23)8-10-18(24)20-15-7-9-17-19-13(2)21-22(17)11-15/h3-7,9,11H,8,10H2,1-2H3,(H,20,24). The summed E-state index contributed by atoms with van der Waals surface area (Å²) in [5.41, 5.74) is 3.08. The first-order chi connectivity index (χ1) is 11.5. The number of amides is 1. The van der Waals surface area contributed by atoms with Crippen molar-refractivity contribution in [3.63, 3.8) is 0 Å². The zero-order valence-electron chi connectivity index (χ0n) is 13.6. The van der Waals surface area contributed by atoms with E-state index in [-0.39, 0.29) is 24.5 Å². The van der Waals surface area contributed by atoms with Crippen LogP contribution in [-0.2, 0) is 4.79 Å². The van der Waals surface area contributed by atoms with Gasteiger partial charge in [-0.15, -0.1) is 0 Å². The van der Waals surface area contributed by atoms with E-state index in [1.807, 2.05) is 26.0 Å². The van der Waals surface area contributed by atoms with Crippen LogP contribution in [0.2, 0.25) is 0 Å². The third kappa shape index (κ3) is 3.65. The SMILES string of the molecule is Cc1ccc(C(=O)CCC(=O)Nc2ccc3nc(C)nn3c2)cc1. The number of nitrogens with zero attached hydrogens (tertiary/aromatic N) is 3. The topological polar surface area (TPSA) is 76.4 Å². The first-order valence-corrected chi connectivity index (χ1v) is 7.74. The largest absolute Gasteiger partial charge is 0.325 e. The Labute approximate surface area is 139 Å². The summed E-state index contributed by atoms with van der Waals surface area (Å²) in [6.45, 7) is 3.77. The van der Waals surface area contributed by atoms with Gasteiger partial charge in [-0.3, -0.25) is 9.59 Å². The molecule has 1 aromatic carbocycles. The van der Waals surface area contributed by atoms with E-state index in [2.05, 4.69) is 15.4 Å². The number of aromatic nitrogens is 3. The average molecular weight is 322 g/mol. The first-order valence-electron chi connectivity index (χ1n) is 7.74. The number of anilines is 1. The molecule has 6 nitrogen and oxygen atoms in total. The highest BCUT2D eigenvalue weighted by atomic mass is 16.2. The fraction of sp³-hybridized carbons (Fsp3) is 0.222. The second-order valence-corrected chi connectivity index (χ2v) is 5.72. The summed E-state index contributed by atoms with van der Waals surface area (Å²) in [6, 6.07) is 10.9. The zero-order chi connectivity index (χ0) is 17.1. The molecule has 24 heavy (non-hydrogen) atoms. The van der Waals surface area contributed by atoms with Crippen molar-refractivity contribution in [2.24, 2.45) is 0 Å². The Morgan fingerprint density at radius 2 is 1.79 bits per heavy atom. The predicted octanol–water partition coefficient (Wildman–Crippen LogP) is 2.95. The molecule has 0 fully saturated rings. The lowest BCUT2D eigenvalue weighted by Crippen LogP contribution is -2.14. The van der Waals surface area contributed by atoms with Crippen molar-refractivity contribution in [3.8, 4) is 0 Å². The molecule has 0 saturated heterocycles. The van der Waals surface area contributed by atoms with E-state index < -0.39 is 0 Å². The molecular formula is C18H18N4O2. The molecule has 0 aliphatic heterocycles. The predicted molar refractivity (Wildman–Crippen MR) is 91.1 cm³/mol. The lowest BCUT2D eigenvalue weighted by molar-refractivity contribution is -0.116. The van der Waals surface area contributed by atoms with Crippen LogP contribution in [0.5, 0.6) is 0 Å². The molecular weight excluding hydrogens is 304 g/mol. The molecule has 0 aliphatic rings. The summed E-state index contributed by atoms with van der Waals surface area (Å²) >= 11 is 0. The van der Waals surface area contributed by atoms with Crippen LogP contribution < -0.4 is 5.32 Å². The minimum Gasteiger partial charge on any atom is -0.325 e. The zero-order valence-corrected chi connectivity index (χ0v) is 13.6. The third-order valence-electron chi connectivity index (χ3n) is 3.67. The fourth-order valence-electron chi connectivity index (χ4n) is 2.40. The second-order valence-electron chi connectivity index (χ2n) is 5.72. The van der Waals surface area contributed by atoms with Gasteiger partial charge in [0.1, 0.15) is 5.82 Å². The Morgan fingerprint density at radius 3 is 2.54 bits per heavy atom. The molecule has 0 unspecified atom stereocenters. The van der Waals surface area contributed by atoms with E-state index >= 15 is 0 Å². The van der Waals surface area contributed by atoms with Crippen molar-refractivity contribution in [2.75, 3.05) is 5.32 Å². The van der Waals surface area contributed by atoms with Crippen LogP contribution in [0.1, 0.15) is 34.6 Å². The normalized spacial score (nSPS) is 10.8. The number of benzene rings is 1. The van der Waals surface area contributed by atoms with Gasteiger partial charge >= 0.3 is 0 Å². The summed E-state index contributed by atoms with van der Waals surface area (Å²) in [4.78, 5) is 28.4. The van der Waals surface area contributed by atoms with Crippen molar-refractivity contribution >= 4 is 23.0 Å². The molecule has 1 amide bonds. The molecule has 0 aliphatic carbocycles. The van der Waals surface area contributed by atoms with Gasteiger partial charge in [-0.05, 0) is 26.0 Å². The Morgan fingerprint density at radius 1 is 1.04 bits per heavy atom. The van der Waals surface area contributed by atoms with Crippen molar-refractivity contribution < 1.29 is 9.59 Å². The minimum absolute atomic E-state index is 0.0347. The van der Waals surface area contributed by atoms with Crippen molar-refractivity contribution in [2.45, 2.75) is 26.7 Å². The summed E-state index contributed by atoms with van der Waals surface area (Å²) in [6.07, 6.45) is 2.02. The third-order valence-corrected chi connectivity index (χ3v) is 3.67. The first kappa shape index (κ1) is 15.9. The van der Waals surface area contributed by atoms with Gasteiger partial charge in [-0.1, -0.05) is 29.8 Å². The van der Waals surface area contributed by atoms with E-state index in [1.54, 1.807) is 35.0 Å². The van der Waals surface area contributed by atoms with Crippen molar-refractivity contribution in [1.82, 2.24) is 14.6 Å². The summed E-state index contributed by atoms with van der Waals surface area (Å²) in [5.74, 6) is 0.432. The number of hydrogen-bond donors (Lipinski definition) is 1. The number of rotatable bonds is 5. The van der Waals surface area contributed by atoms with Gasteiger partial charge in [0.2, 0.25) is 5.91 Å². The number of fused-ring (bicyclic) bond motifs is 1. The van der Waals surface area contributed by atoms with Crippen LogP contribution in [-0.4, -0.2) is 26.3 Å². The van der Waals surface area contributed by atoms with Crippen LogP contribution >= 0.6 is 0 Å². The number of ketones is 1. The highest BCUT2D eigenvalue weighted by molar-refractivity contribution is 6.00. The van der Waals surface area contributed by atoms with Gasteiger partial charge in [-0.2, -0.15) is 5.10 Å².